The van der Waals surface area contributed by atoms with Crippen molar-refractivity contribution in [3.8, 4) is 28.6 Å². The number of hydrogen-bond donors (Lipinski definition) is 1. The molecule has 0 aliphatic carbocycles. The van der Waals surface area contributed by atoms with Crippen molar-refractivity contribution in [2.24, 2.45) is 0 Å². The maximum absolute atomic E-state index is 11.2. The first-order valence-corrected chi connectivity index (χ1v) is 9.49. The highest BCUT2D eigenvalue weighted by atomic mass is 32.2. The zero-order valence-corrected chi connectivity index (χ0v) is 14.6. The van der Waals surface area contributed by atoms with Crippen LogP contribution in [0.4, 0.5) is 5.69 Å². The van der Waals surface area contributed by atoms with Gasteiger partial charge < -0.3 is 9.26 Å². The number of benzene rings is 2. The Morgan fingerprint density at radius 3 is 2.52 bits per heavy atom. The number of hydrogen-bond acceptors (Lipinski definition) is 6. The minimum Gasteiger partial charge on any atom is -0.493 e. The molecule has 130 valence electrons. The van der Waals surface area contributed by atoms with E-state index in [4.69, 9.17) is 9.26 Å². The van der Waals surface area contributed by atoms with Crippen molar-refractivity contribution < 1.29 is 17.7 Å². The predicted molar refractivity (Wildman–Crippen MR) is 94.8 cm³/mol. The van der Waals surface area contributed by atoms with Gasteiger partial charge in [-0.1, -0.05) is 17.3 Å². The van der Waals surface area contributed by atoms with E-state index in [1.165, 1.54) is 0 Å². The minimum absolute atomic E-state index is 0.359. The van der Waals surface area contributed by atoms with Gasteiger partial charge in [-0.25, -0.2) is 8.42 Å². The summed E-state index contributed by atoms with van der Waals surface area (Å²) in [6.07, 6.45) is 1.10. The summed E-state index contributed by atoms with van der Waals surface area (Å²) in [6.45, 7) is 2.44. The lowest BCUT2D eigenvalue weighted by Gasteiger charge is -2.05. The molecule has 0 saturated heterocycles. The predicted octanol–water partition coefficient (Wildman–Crippen LogP) is 3.17. The van der Waals surface area contributed by atoms with Crippen molar-refractivity contribution in [3.63, 3.8) is 0 Å². The van der Waals surface area contributed by atoms with E-state index >= 15 is 0 Å². The number of nitrogens with zero attached hydrogens (tertiary/aromatic N) is 2. The maximum Gasteiger partial charge on any atom is 0.262 e. The molecule has 1 heterocycles. The first-order valence-electron chi connectivity index (χ1n) is 7.60. The van der Waals surface area contributed by atoms with Crippen LogP contribution in [-0.4, -0.2) is 31.4 Å². The molecule has 3 rings (SSSR count). The number of nitrogens with one attached hydrogen (secondary N) is 1. The molecule has 0 amide bonds. The molecule has 0 aliphatic rings. The van der Waals surface area contributed by atoms with E-state index in [0.717, 1.165) is 11.8 Å². The number of ether oxygens (including phenoxy) is 1. The van der Waals surface area contributed by atoms with E-state index in [1.807, 2.05) is 31.2 Å². The molecule has 0 radical (unpaired) electrons. The average Bonchev–Trinajstić information content (AvgIpc) is 3.05. The van der Waals surface area contributed by atoms with E-state index in [-0.39, 0.29) is 0 Å². The molecular weight excluding hydrogens is 342 g/mol. The molecule has 1 N–H and O–H groups in total. The molecule has 25 heavy (non-hydrogen) atoms. The van der Waals surface area contributed by atoms with Gasteiger partial charge >= 0.3 is 0 Å². The summed E-state index contributed by atoms with van der Waals surface area (Å²) >= 11 is 0. The number of rotatable bonds is 6. The SMILES string of the molecule is CCOc1ccccc1-c1nc(-c2ccc(NS(C)(=O)=O)cc2)no1. The monoisotopic (exact) mass is 359 g/mol. The second kappa shape index (κ2) is 6.94. The molecule has 7 nitrogen and oxygen atoms in total. The van der Waals surface area contributed by atoms with Crippen LogP contribution in [0.15, 0.2) is 53.1 Å². The van der Waals surface area contributed by atoms with E-state index in [1.54, 1.807) is 24.3 Å². The normalized spacial score (nSPS) is 11.3. The first kappa shape index (κ1) is 17.0. The number of sulfonamides is 1. The third-order valence-electron chi connectivity index (χ3n) is 3.29. The Bertz CT molecular complexity index is 966. The standard InChI is InChI=1S/C17H17N3O4S/c1-3-23-15-7-5-4-6-14(15)17-18-16(19-24-17)12-8-10-13(11-9-12)20-25(2,21)22/h4-11,20H,3H2,1-2H3. The average molecular weight is 359 g/mol. The van der Waals surface area contributed by atoms with Gasteiger partial charge in [0.15, 0.2) is 0 Å². The zero-order chi connectivity index (χ0) is 17.9. The Labute approximate surface area is 145 Å². The van der Waals surface area contributed by atoms with Crippen LogP contribution in [0.25, 0.3) is 22.8 Å². The summed E-state index contributed by atoms with van der Waals surface area (Å²) in [5, 5.41) is 3.99. The molecule has 0 atom stereocenters. The van der Waals surface area contributed by atoms with E-state index in [0.29, 0.717) is 35.3 Å². The van der Waals surface area contributed by atoms with Gasteiger partial charge in [-0.15, -0.1) is 0 Å². The zero-order valence-electron chi connectivity index (χ0n) is 13.8. The van der Waals surface area contributed by atoms with Crippen LogP contribution in [0.2, 0.25) is 0 Å². The molecule has 0 bridgehead atoms. The van der Waals surface area contributed by atoms with Gasteiger partial charge in [0, 0.05) is 11.3 Å². The molecule has 0 saturated carbocycles. The molecule has 1 aromatic heterocycles. The van der Waals surface area contributed by atoms with Gasteiger partial charge in [0.1, 0.15) is 5.75 Å². The Kier molecular flexibility index (Phi) is 4.71. The van der Waals surface area contributed by atoms with Gasteiger partial charge in [0.05, 0.1) is 18.4 Å². The third-order valence-corrected chi connectivity index (χ3v) is 3.90. The Hall–Kier alpha value is -2.87. The van der Waals surface area contributed by atoms with Crippen LogP contribution in [0.3, 0.4) is 0 Å². The van der Waals surface area contributed by atoms with Gasteiger partial charge in [0.2, 0.25) is 15.8 Å². The minimum atomic E-state index is -3.31. The molecule has 0 spiro atoms. The quantitative estimate of drug-likeness (QED) is 0.726. The van der Waals surface area contributed by atoms with Crippen LogP contribution in [0, 0.1) is 0 Å². The van der Waals surface area contributed by atoms with Crippen molar-refractivity contribution >= 4 is 15.7 Å². The van der Waals surface area contributed by atoms with Crippen LogP contribution in [-0.2, 0) is 10.0 Å². The second-order valence-corrected chi connectivity index (χ2v) is 7.05. The first-order chi connectivity index (χ1) is 12.0. The summed E-state index contributed by atoms with van der Waals surface area (Å²) in [5.41, 5.74) is 1.90. The third kappa shape index (κ3) is 4.16. The van der Waals surface area contributed by atoms with Crippen molar-refractivity contribution in [1.29, 1.82) is 0 Å². The maximum atomic E-state index is 11.2. The van der Waals surface area contributed by atoms with Crippen molar-refractivity contribution in [2.75, 3.05) is 17.6 Å². The van der Waals surface area contributed by atoms with Crippen molar-refractivity contribution in [2.45, 2.75) is 6.92 Å². The Morgan fingerprint density at radius 1 is 1.12 bits per heavy atom. The topological polar surface area (TPSA) is 94.3 Å². The van der Waals surface area contributed by atoms with Crippen molar-refractivity contribution in [3.05, 3.63) is 48.5 Å². The second-order valence-electron chi connectivity index (χ2n) is 5.30. The highest BCUT2D eigenvalue weighted by molar-refractivity contribution is 7.92. The van der Waals surface area contributed by atoms with E-state index in [2.05, 4.69) is 14.9 Å². The van der Waals surface area contributed by atoms with Gasteiger partial charge in [0.25, 0.3) is 5.89 Å². The van der Waals surface area contributed by atoms with E-state index in [9.17, 15) is 8.42 Å². The summed E-state index contributed by atoms with van der Waals surface area (Å²) in [4.78, 5) is 4.40. The largest absolute Gasteiger partial charge is 0.493 e. The highest BCUT2D eigenvalue weighted by Gasteiger charge is 2.14. The Balaban J connectivity index is 1.87. The Morgan fingerprint density at radius 2 is 1.84 bits per heavy atom. The number of aromatic nitrogens is 2. The molecule has 2 aromatic carbocycles. The molecular formula is C17H17N3O4S. The molecule has 0 unspecified atom stereocenters. The fourth-order valence-electron chi connectivity index (χ4n) is 2.28. The van der Waals surface area contributed by atoms with Gasteiger partial charge in [-0.05, 0) is 43.3 Å². The number of anilines is 1. The molecule has 3 aromatic rings. The van der Waals surface area contributed by atoms with Gasteiger partial charge in [-0.3, -0.25) is 4.72 Å². The highest BCUT2D eigenvalue weighted by Crippen LogP contribution is 2.30. The fourth-order valence-corrected chi connectivity index (χ4v) is 2.84. The summed E-state index contributed by atoms with van der Waals surface area (Å²) < 4.78 is 35.8. The summed E-state index contributed by atoms with van der Waals surface area (Å²) in [6, 6.07) is 14.1. The van der Waals surface area contributed by atoms with Crippen molar-refractivity contribution in [1.82, 2.24) is 10.1 Å². The molecule has 0 aliphatic heterocycles. The lowest BCUT2D eigenvalue weighted by atomic mass is 10.2. The lowest BCUT2D eigenvalue weighted by molar-refractivity contribution is 0.339. The van der Waals surface area contributed by atoms with Crippen LogP contribution >= 0.6 is 0 Å². The fraction of sp³-hybridized carbons (Fsp3) is 0.176. The summed E-state index contributed by atoms with van der Waals surface area (Å²) in [5.74, 6) is 1.44. The lowest BCUT2D eigenvalue weighted by Crippen LogP contribution is -2.09. The van der Waals surface area contributed by atoms with Crippen LogP contribution < -0.4 is 9.46 Å². The summed E-state index contributed by atoms with van der Waals surface area (Å²) in [7, 11) is -3.31. The molecule has 0 fully saturated rings. The van der Waals surface area contributed by atoms with E-state index < -0.39 is 10.0 Å². The van der Waals surface area contributed by atoms with Crippen LogP contribution in [0.1, 0.15) is 6.92 Å². The van der Waals surface area contributed by atoms with Crippen LogP contribution in [0.5, 0.6) is 5.75 Å². The van der Waals surface area contributed by atoms with Gasteiger partial charge in [-0.2, -0.15) is 4.98 Å². The number of para-hydroxylation sites is 1. The molecule has 8 heteroatoms. The smallest absolute Gasteiger partial charge is 0.262 e.